The molecule has 0 atom stereocenters. The average molecular weight is 298 g/mol. The van der Waals surface area contributed by atoms with Crippen molar-refractivity contribution in [1.82, 2.24) is 5.32 Å². The van der Waals surface area contributed by atoms with Gasteiger partial charge in [-0.05, 0) is 55.3 Å². The number of carbonyl (C=O) groups excluding carboxylic acids is 1. The molecular weight excluding hydrogens is 278 g/mol. The average Bonchev–Trinajstić information content (AvgIpc) is 2.20. The fourth-order valence-corrected chi connectivity index (χ4v) is 2.30. The summed E-state index contributed by atoms with van der Waals surface area (Å²) < 4.78 is 0.841. The van der Waals surface area contributed by atoms with E-state index >= 15 is 0 Å². The van der Waals surface area contributed by atoms with E-state index in [9.17, 15) is 4.79 Å². The zero-order valence-electron chi connectivity index (χ0n) is 10.9. The van der Waals surface area contributed by atoms with E-state index in [4.69, 9.17) is 0 Å². The molecule has 0 radical (unpaired) electrons. The van der Waals surface area contributed by atoms with Gasteiger partial charge in [0, 0.05) is 10.0 Å². The van der Waals surface area contributed by atoms with Gasteiger partial charge < -0.3 is 5.32 Å². The normalized spacial score (nSPS) is 11.4. The number of benzene rings is 1. The van der Waals surface area contributed by atoms with Crippen LogP contribution >= 0.6 is 15.9 Å². The van der Waals surface area contributed by atoms with Crippen LogP contribution in [0.25, 0.3) is 0 Å². The number of rotatable bonds is 4. The molecular formula is C14H20BrNO. The van der Waals surface area contributed by atoms with Gasteiger partial charge in [-0.2, -0.15) is 0 Å². The predicted octanol–water partition coefficient (Wildman–Crippen LogP) is 4.07. The number of carbonyl (C=O) groups is 1. The van der Waals surface area contributed by atoms with Crippen LogP contribution in [0.4, 0.5) is 0 Å². The number of halogens is 1. The van der Waals surface area contributed by atoms with E-state index in [1.165, 1.54) is 0 Å². The molecule has 2 nitrogen and oxygen atoms in total. The highest BCUT2D eigenvalue weighted by molar-refractivity contribution is 9.10. The van der Waals surface area contributed by atoms with Crippen LogP contribution in [0.1, 0.15) is 49.5 Å². The van der Waals surface area contributed by atoms with E-state index in [2.05, 4.69) is 42.0 Å². The lowest BCUT2D eigenvalue weighted by molar-refractivity contribution is 0.0908. The van der Waals surface area contributed by atoms with Gasteiger partial charge in [-0.25, -0.2) is 0 Å². The van der Waals surface area contributed by atoms with Crippen molar-refractivity contribution in [2.75, 3.05) is 0 Å². The van der Waals surface area contributed by atoms with Crippen molar-refractivity contribution in [3.05, 3.63) is 33.8 Å². The Morgan fingerprint density at radius 3 is 2.65 bits per heavy atom. The van der Waals surface area contributed by atoms with E-state index < -0.39 is 0 Å². The maximum absolute atomic E-state index is 12.2. The maximum Gasteiger partial charge on any atom is 0.252 e. The van der Waals surface area contributed by atoms with Crippen LogP contribution < -0.4 is 5.32 Å². The van der Waals surface area contributed by atoms with Gasteiger partial charge >= 0.3 is 0 Å². The molecule has 0 aliphatic rings. The highest BCUT2D eigenvalue weighted by Gasteiger charge is 2.21. The SMILES string of the molecule is CCCC(C)(C)NC(=O)c1cc(C)ccc1Br. The molecule has 1 N–H and O–H groups in total. The Morgan fingerprint density at radius 1 is 1.41 bits per heavy atom. The van der Waals surface area contributed by atoms with Crippen LogP contribution in [0.15, 0.2) is 22.7 Å². The van der Waals surface area contributed by atoms with Crippen LogP contribution in [-0.4, -0.2) is 11.4 Å². The van der Waals surface area contributed by atoms with Crippen molar-refractivity contribution in [2.24, 2.45) is 0 Å². The smallest absolute Gasteiger partial charge is 0.252 e. The molecule has 0 aromatic heterocycles. The van der Waals surface area contributed by atoms with Crippen LogP contribution in [0.2, 0.25) is 0 Å². The van der Waals surface area contributed by atoms with Gasteiger partial charge in [0.15, 0.2) is 0 Å². The summed E-state index contributed by atoms with van der Waals surface area (Å²) in [4.78, 5) is 12.2. The summed E-state index contributed by atoms with van der Waals surface area (Å²) in [7, 11) is 0. The first-order valence-corrected chi connectivity index (χ1v) is 6.73. The molecule has 0 spiro atoms. The summed E-state index contributed by atoms with van der Waals surface area (Å²) in [5.41, 5.74) is 1.63. The van der Waals surface area contributed by atoms with Crippen molar-refractivity contribution >= 4 is 21.8 Å². The van der Waals surface area contributed by atoms with E-state index in [0.29, 0.717) is 5.56 Å². The van der Waals surface area contributed by atoms with Crippen molar-refractivity contribution < 1.29 is 4.79 Å². The Kier molecular flexibility index (Phi) is 4.75. The standard InChI is InChI=1S/C14H20BrNO/c1-5-8-14(3,4)16-13(17)11-9-10(2)6-7-12(11)15/h6-7,9H,5,8H2,1-4H3,(H,16,17). The Hall–Kier alpha value is -0.830. The first-order chi connectivity index (χ1) is 7.85. The van der Waals surface area contributed by atoms with Crippen molar-refractivity contribution in [1.29, 1.82) is 0 Å². The molecule has 0 saturated heterocycles. The molecule has 0 heterocycles. The third-order valence-corrected chi connectivity index (χ3v) is 3.38. The lowest BCUT2D eigenvalue weighted by Crippen LogP contribution is -2.43. The molecule has 17 heavy (non-hydrogen) atoms. The summed E-state index contributed by atoms with van der Waals surface area (Å²) >= 11 is 3.42. The minimum atomic E-state index is -0.158. The molecule has 1 aromatic rings. The minimum absolute atomic E-state index is 0.0148. The quantitative estimate of drug-likeness (QED) is 0.892. The Balaban J connectivity index is 2.86. The van der Waals surface area contributed by atoms with Crippen LogP contribution in [0, 0.1) is 6.92 Å². The fourth-order valence-electron chi connectivity index (χ4n) is 1.88. The molecule has 3 heteroatoms. The van der Waals surface area contributed by atoms with Gasteiger partial charge in [-0.1, -0.05) is 25.0 Å². The maximum atomic E-state index is 12.2. The second-order valence-electron chi connectivity index (χ2n) is 5.07. The van der Waals surface area contributed by atoms with Gasteiger partial charge in [0.25, 0.3) is 5.91 Å². The zero-order valence-corrected chi connectivity index (χ0v) is 12.5. The predicted molar refractivity (Wildman–Crippen MR) is 75.3 cm³/mol. The Bertz CT molecular complexity index is 413. The van der Waals surface area contributed by atoms with Crippen molar-refractivity contribution in [2.45, 2.75) is 46.1 Å². The van der Waals surface area contributed by atoms with E-state index in [-0.39, 0.29) is 11.4 Å². The summed E-state index contributed by atoms with van der Waals surface area (Å²) in [6, 6.07) is 5.80. The molecule has 94 valence electrons. The Morgan fingerprint density at radius 2 is 2.06 bits per heavy atom. The monoisotopic (exact) mass is 297 g/mol. The molecule has 1 amide bonds. The second-order valence-corrected chi connectivity index (χ2v) is 5.93. The highest BCUT2D eigenvalue weighted by Crippen LogP contribution is 2.20. The summed E-state index contributed by atoms with van der Waals surface area (Å²) in [5.74, 6) is -0.0148. The molecule has 0 aliphatic carbocycles. The lowest BCUT2D eigenvalue weighted by Gasteiger charge is -2.26. The van der Waals surface area contributed by atoms with Gasteiger partial charge in [0.05, 0.1) is 5.56 Å². The lowest BCUT2D eigenvalue weighted by atomic mass is 9.98. The van der Waals surface area contributed by atoms with Gasteiger partial charge in [-0.15, -0.1) is 0 Å². The number of nitrogens with one attached hydrogen (secondary N) is 1. The molecule has 1 aromatic carbocycles. The van der Waals surface area contributed by atoms with E-state index in [1.807, 2.05) is 25.1 Å². The van der Waals surface area contributed by atoms with Crippen molar-refractivity contribution in [3.8, 4) is 0 Å². The number of amides is 1. The summed E-state index contributed by atoms with van der Waals surface area (Å²) in [6.07, 6.45) is 2.03. The summed E-state index contributed by atoms with van der Waals surface area (Å²) in [5, 5.41) is 3.07. The molecule has 0 saturated carbocycles. The van der Waals surface area contributed by atoms with Crippen LogP contribution in [0.5, 0.6) is 0 Å². The topological polar surface area (TPSA) is 29.1 Å². The fraction of sp³-hybridized carbons (Fsp3) is 0.500. The third kappa shape index (κ3) is 4.15. The zero-order chi connectivity index (χ0) is 13.1. The van der Waals surface area contributed by atoms with Crippen LogP contribution in [0.3, 0.4) is 0 Å². The van der Waals surface area contributed by atoms with Crippen molar-refractivity contribution in [3.63, 3.8) is 0 Å². The second kappa shape index (κ2) is 5.67. The molecule has 1 rings (SSSR count). The number of aryl methyl sites for hydroxylation is 1. The largest absolute Gasteiger partial charge is 0.347 e. The van der Waals surface area contributed by atoms with Gasteiger partial charge in [0.1, 0.15) is 0 Å². The molecule has 0 aliphatic heterocycles. The van der Waals surface area contributed by atoms with Crippen LogP contribution in [-0.2, 0) is 0 Å². The highest BCUT2D eigenvalue weighted by atomic mass is 79.9. The van der Waals surface area contributed by atoms with Gasteiger partial charge in [-0.3, -0.25) is 4.79 Å². The third-order valence-electron chi connectivity index (χ3n) is 2.69. The first-order valence-electron chi connectivity index (χ1n) is 5.94. The van der Waals surface area contributed by atoms with Gasteiger partial charge in [0.2, 0.25) is 0 Å². The van der Waals surface area contributed by atoms with E-state index in [1.54, 1.807) is 0 Å². The first kappa shape index (κ1) is 14.2. The number of hydrogen-bond acceptors (Lipinski definition) is 1. The molecule has 0 bridgehead atoms. The number of hydrogen-bond donors (Lipinski definition) is 1. The van der Waals surface area contributed by atoms with E-state index in [0.717, 1.165) is 22.9 Å². The minimum Gasteiger partial charge on any atom is -0.347 e. The molecule has 0 fully saturated rings. The summed E-state index contributed by atoms with van der Waals surface area (Å²) in [6.45, 7) is 8.22. The molecule has 0 unspecified atom stereocenters. The Labute approximate surface area is 112 Å².